The van der Waals surface area contributed by atoms with Gasteiger partial charge in [0.1, 0.15) is 0 Å². The van der Waals surface area contributed by atoms with Gasteiger partial charge in [-0.05, 0) is 6.92 Å². The zero-order valence-electron chi connectivity index (χ0n) is 6.37. The van der Waals surface area contributed by atoms with Crippen LogP contribution in [-0.2, 0) is 4.74 Å². The molecule has 0 atom stereocenters. The van der Waals surface area contributed by atoms with Crippen LogP contribution in [0, 0.1) is 0 Å². The maximum absolute atomic E-state index is 9.50. The Bertz CT molecular complexity index is 46.3. The Balaban J connectivity index is -0.0000000771. The maximum atomic E-state index is 9.50. The van der Waals surface area contributed by atoms with Crippen LogP contribution < -0.4 is 0 Å². The lowest BCUT2D eigenvalue weighted by molar-refractivity contribution is 0.295. The Kier molecular flexibility index (Phi) is 46.0. The van der Waals surface area contributed by atoms with Gasteiger partial charge < -0.3 is 4.74 Å². The van der Waals surface area contributed by atoms with Crippen molar-refractivity contribution in [1.29, 1.82) is 0 Å². The first-order chi connectivity index (χ1) is 4.27. The predicted octanol–water partition coefficient (Wildman–Crippen LogP) is 2.34. The largest absolute Gasteiger partial charge is 0.502 e. The van der Waals surface area contributed by atoms with Gasteiger partial charge in [0.25, 0.3) is 0 Å². The predicted molar refractivity (Wildman–Crippen MR) is 35.9 cm³/mol. The zero-order chi connectivity index (χ0) is 8.28. The van der Waals surface area contributed by atoms with E-state index in [1.165, 1.54) is 0 Å². The highest BCUT2D eigenvalue weighted by Gasteiger charge is 1.65. The minimum atomic E-state index is 0.500. The van der Waals surface area contributed by atoms with Gasteiger partial charge in [0, 0.05) is 0 Å². The van der Waals surface area contributed by atoms with Gasteiger partial charge in [0.15, 0.2) is 0 Å². The van der Waals surface area contributed by atoms with Crippen molar-refractivity contribution in [2.45, 2.75) is 6.92 Å². The van der Waals surface area contributed by atoms with Crippen LogP contribution in [-0.4, -0.2) is 21.5 Å². The summed E-state index contributed by atoms with van der Waals surface area (Å²) in [5, 5.41) is 0. The highest BCUT2D eigenvalue weighted by molar-refractivity contribution is 4.71. The SMILES string of the molecule is C=C(C)OC.CF.CF. The molecule has 0 spiro atoms. The number of methoxy groups -OCH3 is 1. The molecule has 0 aliphatic heterocycles. The molecular formula is C6H14F2O. The van der Waals surface area contributed by atoms with Crippen molar-refractivity contribution in [3.05, 3.63) is 12.3 Å². The second kappa shape index (κ2) is 26.2. The summed E-state index contributed by atoms with van der Waals surface area (Å²) in [4.78, 5) is 0. The summed E-state index contributed by atoms with van der Waals surface area (Å²) in [6, 6.07) is 0. The number of ether oxygens (including phenoxy) is 1. The van der Waals surface area contributed by atoms with E-state index in [1.54, 1.807) is 14.0 Å². The molecule has 0 rings (SSSR count). The van der Waals surface area contributed by atoms with Crippen LogP contribution in [0.2, 0.25) is 0 Å². The Morgan fingerprint density at radius 2 is 1.33 bits per heavy atom. The third kappa shape index (κ3) is 110. The fourth-order valence-corrected chi connectivity index (χ4v) is 0. The van der Waals surface area contributed by atoms with Gasteiger partial charge in [-0.25, -0.2) is 0 Å². The van der Waals surface area contributed by atoms with Crippen LogP contribution in [0.3, 0.4) is 0 Å². The van der Waals surface area contributed by atoms with Gasteiger partial charge >= 0.3 is 0 Å². The molecule has 1 nitrogen and oxygen atoms in total. The molecule has 0 aromatic heterocycles. The zero-order valence-corrected chi connectivity index (χ0v) is 6.37. The first-order valence-corrected chi connectivity index (χ1v) is 2.22. The fourth-order valence-electron chi connectivity index (χ4n) is 0. The number of halogens is 2. The molecule has 0 bridgehead atoms. The van der Waals surface area contributed by atoms with Gasteiger partial charge in [-0.15, -0.1) is 0 Å². The second-order valence-electron chi connectivity index (χ2n) is 0.906. The summed E-state index contributed by atoms with van der Waals surface area (Å²) >= 11 is 0. The number of allylic oxidation sites excluding steroid dienone is 1. The van der Waals surface area contributed by atoms with Crippen molar-refractivity contribution in [2.24, 2.45) is 0 Å². The van der Waals surface area contributed by atoms with Crippen LogP contribution >= 0.6 is 0 Å². The molecule has 3 heteroatoms. The molecule has 0 fully saturated rings. The van der Waals surface area contributed by atoms with E-state index in [0.29, 0.717) is 14.4 Å². The Hall–Kier alpha value is -0.600. The lowest BCUT2D eigenvalue weighted by atomic mass is 10.7. The number of rotatable bonds is 1. The molecule has 0 N–H and O–H groups in total. The highest BCUT2D eigenvalue weighted by Crippen LogP contribution is 1.80. The Morgan fingerprint density at radius 3 is 1.33 bits per heavy atom. The number of hydrogen-bond donors (Lipinski definition) is 0. The van der Waals surface area contributed by atoms with E-state index in [1.807, 2.05) is 0 Å². The molecule has 0 aliphatic rings. The molecule has 0 unspecified atom stereocenters. The summed E-state index contributed by atoms with van der Waals surface area (Å²) in [7, 11) is 2.60. The molecule has 0 amide bonds. The average Bonchev–Trinajstić information content (AvgIpc) is 1.97. The van der Waals surface area contributed by atoms with Crippen molar-refractivity contribution in [2.75, 3.05) is 21.5 Å². The third-order valence-corrected chi connectivity index (χ3v) is 0.348. The standard InChI is InChI=1S/C4H8O.2CH3F/c1-4(2)5-3;2*1-2/h1H2,2-3H3;2*1H3. The summed E-state index contributed by atoms with van der Waals surface area (Å²) < 4.78 is 23.6. The molecule has 0 heterocycles. The fraction of sp³-hybridized carbons (Fsp3) is 0.667. The van der Waals surface area contributed by atoms with E-state index in [2.05, 4.69) is 11.3 Å². The summed E-state index contributed by atoms with van der Waals surface area (Å²) in [6.45, 7) is 5.26. The summed E-state index contributed by atoms with van der Waals surface area (Å²) in [5.41, 5.74) is 0. The Labute approximate surface area is 55.3 Å². The normalized spacial score (nSPS) is 5.11. The Morgan fingerprint density at radius 1 is 1.22 bits per heavy atom. The number of hydrogen-bond acceptors (Lipinski definition) is 1. The third-order valence-electron chi connectivity index (χ3n) is 0.348. The van der Waals surface area contributed by atoms with Gasteiger partial charge in [0.2, 0.25) is 0 Å². The molecule has 0 aromatic carbocycles. The first-order valence-electron chi connectivity index (χ1n) is 2.22. The van der Waals surface area contributed by atoms with Crippen molar-refractivity contribution >= 4 is 0 Å². The molecule has 0 aliphatic carbocycles. The van der Waals surface area contributed by atoms with E-state index >= 15 is 0 Å². The molecule has 58 valence electrons. The lowest BCUT2D eigenvalue weighted by Gasteiger charge is -1.88. The summed E-state index contributed by atoms with van der Waals surface area (Å²) in [5.74, 6) is 0.755. The van der Waals surface area contributed by atoms with Crippen LogP contribution in [0.5, 0.6) is 0 Å². The smallest absolute Gasteiger partial charge is 0.0853 e. The topological polar surface area (TPSA) is 9.23 Å². The minimum absolute atomic E-state index is 0.500. The number of alkyl halides is 2. The average molecular weight is 140 g/mol. The van der Waals surface area contributed by atoms with E-state index in [-0.39, 0.29) is 0 Å². The van der Waals surface area contributed by atoms with Crippen LogP contribution in [0.25, 0.3) is 0 Å². The van der Waals surface area contributed by atoms with E-state index in [0.717, 1.165) is 5.76 Å². The van der Waals surface area contributed by atoms with Gasteiger partial charge in [0.05, 0.1) is 27.2 Å². The molecule has 0 saturated carbocycles. The van der Waals surface area contributed by atoms with Gasteiger partial charge in [-0.1, -0.05) is 6.58 Å². The second-order valence-corrected chi connectivity index (χ2v) is 0.906. The maximum Gasteiger partial charge on any atom is 0.0853 e. The lowest BCUT2D eigenvalue weighted by Crippen LogP contribution is -1.70. The van der Waals surface area contributed by atoms with Crippen LogP contribution in [0.15, 0.2) is 12.3 Å². The molecule has 9 heavy (non-hydrogen) atoms. The van der Waals surface area contributed by atoms with Gasteiger partial charge in [-0.3, -0.25) is 8.78 Å². The van der Waals surface area contributed by atoms with Crippen molar-refractivity contribution in [3.63, 3.8) is 0 Å². The van der Waals surface area contributed by atoms with Crippen molar-refractivity contribution < 1.29 is 13.5 Å². The molecule has 0 radical (unpaired) electrons. The minimum Gasteiger partial charge on any atom is -0.502 e. The first kappa shape index (κ1) is 15.8. The van der Waals surface area contributed by atoms with E-state index in [4.69, 9.17) is 0 Å². The van der Waals surface area contributed by atoms with E-state index < -0.39 is 0 Å². The van der Waals surface area contributed by atoms with Crippen molar-refractivity contribution in [3.8, 4) is 0 Å². The van der Waals surface area contributed by atoms with Crippen LogP contribution in [0.1, 0.15) is 6.92 Å². The summed E-state index contributed by atoms with van der Waals surface area (Å²) in [6.07, 6.45) is 0. The quantitative estimate of drug-likeness (QED) is 0.508. The van der Waals surface area contributed by atoms with E-state index in [9.17, 15) is 8.78 Å². The molecular weight excluding hydrogens is 126 g/mol. The van der Waals surface area contributed by atoms with Crippen LogP contribution in [0.4, 0.5) is 8.78 Å². The molecule has 0 saturated heterocycles. The van der Waals surface area contributed by atoms with Crippen molar-refractivity contribution in [1.82, 2.24) is 0 Å². The van der Waals surface area contributed by atoms with Gasteiger partial charge in [-0.2, -0.15) is 0 Å². The molecule has 0 aromatic rings. The highest BCUT2D eigenvalue weighted by atomic mass is 19.1. The monoisotopic (exact) mass is 140 g/mol.